The zero-order valence-corrected chi connectivity index (χ0v) is 7.06. The van der Waals surface area contributed by atoms with Gasteiger partial charge in [0.25, 0.3) is 6.43 Å². The van der Waals surface area contributed by atoms with Gasteiger partial charge in [0.2, 0.25) is 0 Å². The van der Waals surface area contributed by atoms with Crippen LogP contribution in [0.4, 0.5) is 8.78 Å². The molecule has 0 aliphatic rings. The Kier molecular flexibility index (Phi) is 2.97. The Morgan fingerprint density at radius 3 is 1.82 bits per heavy atom. The Morgan fingerprint density at radius 1 is 1.36 bits per heavy atom. The molecule has 4 heteroatoms. The highest BCUT2D eigenvalue weighted by Gasteiger charge is 2.44. The molecule has 0 heterocycles. The second kappa shape index (κ2) is 3.03. The van der Waals surface area contributed by atoms with E-state index in [1.807, 2.05) is 0 Å². The third-order valence-corrected chi connectivity index (χ3v) is 2.31. The maximum Gasteiger partial charge on any atom is 0.256 e. The fraction of sp³-hybridized carbons (Fsp3) is 1.00. The van der Waals surface area contributed by atoms with Crippen molar-refractivity contribution in [3.05, 3.63) is 0 Å². The average molecular weight is 167 g/mol. The summed E-state index contributed by atoms with van der Waals surface area (Å²) in [4.78, 5) is 0. The van der Waals surface area contributed by atoms with Gasteiger partial charge in [-0.05, 0) is 6.92 Å². The van der Waals surface area contributed by atoms with Crippen molar-refractivity contribution in [2.75, 3.05) is 6.61 Å². The molecule has 1 unspecified atom stereocenters. The largest absolute Gasteiger partial charge is 0.396 e. The van der Waals surface area contributed by atoms with Crippen LogP contribution >= 0.6 is 0 Å². The Morgan fingerprint density at radius 2 is 1.73 bits per heavy atom. The molecule has 3 N–H and O–H groups in total. The van der Waals surface area contributed by atoms with Crippen molar-refractivity contribution >= 4 is 0 Å². The van der Waals surface area contributed by atoms with E-state index in [0.717, 1.165) is 0 Å². The maximum atomic E-state index is 12.3. The topological polar surface area (TPSA) is 46.2 Å². The van der Waals surface area contributed by atoms with E-state index in [1.54, 1.807) is 0 Å². The molecular formula is C7H15F2NO. The van der Waals surface area contributed by atoms with Gasteiger partial charge in [0.15, 0.2) is 0 Å². The summed E-state index contributed by atoms with van der Waals surface area (Å²) in [5.74, 6) is 0. The number of halogens is 2. The fourth-order valence-corrected chi connectivity index (χ4v) is 0.466. The van der Waals surface area contributed by atoms with E-state index < -0.39 is 17.4 Å². The first-order chi connectivity index (χ1) is 4.75. The van der Waals surface area contributed by atoms with E-state index in [9.17, 15) is 8.78 Å². The van der Waals surface area contributed by atoms with Gasteiger partial charge < -0.3 is 10.8 Å². The van der Waals surface area contributed by atoms with Crippen molar-refractivity contribution in [3.63, 3.8) is 0 Å². The Balaban J connectivity index is 4.53. The van der Waals surface area contributed by atoms with Gasteiger partial charge >= 0.3 is 0 Å². The van der Waals surface area contributed by atoms with Crippen LogP contribution in [0, 0.1) is 5.41 Å². The third-order valence-electron chi connectivity index (χ3n) is 2.31. The van der Waals surface area contributed by atoms with Gasteiger partial charge in [-0.2, -0.15) is 0 Å². The fourth-order valence-electron chi connectivity index (χ4n) is 0.466. The molecule has 0 aromatic rings. The minimum absolute atomic E-state index is 0.343. The van der Waals surface area contributed by atoms with Crippen molar-refractivity contribution in [2.45, 2.75) is 32.7 Å². The Bertz CT molecular complexity index is 134. The zero-order chi connectivity index (χ0) is 9.28. The van der Waals surface area contributed by atoms with Crippen molar-refractivity contribution in [1.29, 1.82) is 0 Å². The number of aliphatic hydroxyl groups excluding tert-OH is 1. The first-order valence-corrected chi connectivity index (χ1v) is 3.43. The maximum absolute atomic E-state index is 12.3. The molecule has 0 aromatic carbocycles. The van der Waals surface area contributed by atoms with E-state index in [2.05, 4.69) is 0 Å². The summed E-state index contributed by atoms with van der Waals surface area (Å²) in [6.07, 6.45) is -2.62. The molecule has 0 saturated heterocycles. The predicted octanol–water partition coefficient (Wildman–Crippen LogP) is 0.987. The van der Waals surface area contributed by atoms with E-state index in [0.29, 0.717) is 0 Å². The van der Waals surface area contributed by atoms with Crippen LogP contribution in [0.1, 0.15) is 20.8 Å². The quantitative estimate of drug-likeness (QED) is 0.658. The number of hydrogen-bond acceptors (Lipinski definition) is 2. The van der Waals surface area contributed by atoms with E-state index in [1.165, 1.54) is 20.8 Å². The SMILES string of the molecule is CC(C)(CO)C(C)(N)C(F)F. The second-order valence-corrected chi connectivity index (χ2v) is 3.63. The first-order valence-electron chi connectivity index (χ1n) is 3.43. The Labute approximate surface area is 65.4 Å². The van der Waals surface area contributed by atoms with Gasteiger partial charge in [-0.3, -0.25) is 0 Å². The molecule has 0 spiro atoms. The molecule has 0 radical (unpaired) electrons. The lowest BCUT2D eigenvalue weighted by Crippen LogP contribution is -2.57. The van der Waals surface area contributed by atoms with Crippen molar-refractivity contribution in [1.82, 2.24) is 0 Å². The molecule has 2 nitrogen and oxygen atoms in total. The standard InChI is InChI=1S/C7H15F2NO/c1-6(2,4-11)7(3,10)5(8)9/h5,11H,4,10H2,1-3H3. The second-order valence-electron chi connectivity index (χ2n) is 3.63. The molecule has 0 aliphatic carbocycles. The molecule has 0 rings (SSSR count). The lowest BCUT2D eigenvalue weighted by molar-refractivity contribution is -0.0316. The summed E-state index contributed by atoms with van der Waals surface area (Å²) in [5.41, 5.74) is 2.74. The van der Waals surface area contributed by atoms with Crippen LogP contribution in [-0.2, 0) is 0 Å². The molecule has 68 valence electrons. The third kappa shape index (κ3) is 1.87. The lowest BCUT2D eigenvalue weighted by atomic mass is 9.75. The summed E-state index contributed by atoms with van der Waals surface area (Å²) in [6.45, 7) is 3.93. The van der Waals surface area contributed by atoms with Crippen LogP contribution in [0.2, 0.25) is 0 Å². The zero-order valence-electron chi connectivity index (χ0n) is 7.06. The summed E-state index contributed by atoms with van der Waals surface area (Å²) >= 11 is 0. The number of aliphatic hydroxyl groups is 1. The number of hydrogen-bond donors (Lipinski definition) is 2. The minimum Gasteiger partial charge on any atom is -0.396 e. The highest BCUT2D eigenvalue weighted by atomic mass is 19.3. The molecule has 0 amide bonds. The van der Waals surface area contributed by atoms with Gasteiger partial charge in [-0.15, -0.1) is 0 Å². The Hall–Kier alpha value is -0.220. The first kappa shape index (κ1) is 10.8. The average Bonchev–Trinajstić information content (AvgIpc) is 1.87. The number of rotatable bonds is 3. The van der Waals surface area contributed by atoms with Crippen LogP contribution in [-0.4, -0.2) is 23.7 Å². The van der Waals surface area contributed by atoms with Gasteiger partial charge in [0, 0.05) is 5.41 Å². The van der Waals surface area contributed by atoms with Gasteiger partial charge in [0.1, 0.15) is 0 Å². The molecule has 0 fully saturated rings. The van der Waals surface area contributed by atoms with Crippen LogP contribution in [0.15, 0.2) is 0 Å². The van der Waals surface area contributed by atoms with Crippen LogP contribution in [0.3, 0.4) is 0 Å². The highest BCUT2D eigenvalue weighted by Crippen LogP contribution is 2.32. The van der Waals surface area contributed by atoms with Crippen molar-refractivity contribution in [2.24, 2.45) is 11.1 Å². The lowest BCUT2D eigenvalue weighted by Gasteiger charge is -2.39. The molecule has 0 aliphatic heterocycles. The summed E-state index contributed by atoms with van der Waals surface area (Å²) in [5, 5.41) is 8.77. The van der Waals surface area contributed by atoms with Gasteiger partial charge in [0.05, 0.1) is 12.1 Å². The van der Waals surface area contributed by atoms with Crippen molar-refractivity contribution < 1.29 is 13.9 Å². The van der Waals surface area contributed by atoms with E-state index in [4.69, 9.17) is 10.8 Å². The molecule has 1 atom stereocenters. The molecular weight excluding hydrogens is 152 g/mol. The summed E-state index contributed by atoms with van der Waals surface area (Å²) < 4.78 is 24.5. The molecule has 11 heavy (non-hydrogen) atoms. The van der Waals surface area contributed by atoms with Gasteiger partial charge in [-0.25, -0.2) is 8.78 Å². The van der Waals surface area contributed by atoms with Crippen LogP contribution in [0.5, 0.6) is 0 Å². The van der Waals surface area contributed by atoms with Crippen LogP contribution < -0.4 is 5.73 Å². The van der Waals surface area contributed by atoms with E-state index in [-0.39, 0.29) is 6.61 Å². The molecule has 0 bridgehead atoms. The van der Waals surface area contributed by atoms with Crippen molar-refractivity contribution in [3.8, 4) is 0 Å². The highest BCUT2D eigenvalue weighted by molar-refractivity contribution is 4.95. The smallest absolute Gasteiger partial charge is 0.256 e. The van der Waals surface area contributed by atoms with Crippen LogP contribution in [0.25, 0.3) is 0 Å². The summed E-state index contributed by atoms with van der Waals surface area (Å²) in [7, 11) is 0. The minimum atomic E-state index is -2.62. The summed E-state index contributed by atoms with van der Waals surface area (Å²) in [6, 6.07) is 0. The normalized spacial score (nSPS) is 18.5. The van der Waals surface area contributed by atoms with Gasteiger partial charge in [-0.1, -0.05) is 13.8 Å². The molecule has 0 aromatic heterocycles. The van der Waals surface area contributed by atoms with E-state index >= 15 is 0 Å². The monoisotopic (exact) mass is 167 g/mol. The molecule has 0 saturated carbocycles. The number of alkyl halides is 2. The number of nitrogens with two attached hydrogens (primary N) is 1. The predicted molar refractivity (Wildman–Crippen MR) is 39.5 cm³/mol.